The molecule has 0 radical (unpaired) electrons. The fourth-order valence-electron chi connectivity index (χ4n) is 0.697. The molecule has 0 bridgehead atoms. The van der Waals surface area contributed by atoms with E-state index in [1.165, 1.54) is 0 Å². The molecule has 0 aromatic carbocycles. The van der Waals surface area contributed by atoms with E-state index in [2.05, 4.69) is 11.9 Å². The molecule has 0 aliphatic heterocycles. The summed E-state index contributed by atoms with van der Waals surface area (Å²) >= 11 is 0. The van der Waals surface area contributed by atoms with Gasteiger partial charge in [-0.1, -0.05) is 27.4 Å². The Morgan fingerprint density at radius 1 is 1.33 bits per heavy atom. The molecule has 4 heteroatoms. The summed E-state index contributed by atoms with van der Waals surface area (Å²) in [4.78, 5) is 22.3. The Kier molecular flexibility index (Phi) is 5.05. The molecule has 0 aromatic heterocycles. The monoisotopic (exact) mass is 213 g/mol. The van der Waals surface area contributed by atoms with Crippen molar-refractivity contribution >= 4 is 11.9 Å². The number of amides is 1. The Morgan fingerprint density at radius 3 is 2.27 bits per heavy atom. The molecule has 4 nitrogen and oxygen atoms in total. The molecule has 0 spiro atoms. The smallest absolute Gasteiger partial charge is 0.333 e. The quantitative estimate of drug-likeness (QED) is 0.434. The number of rotatable bonds is 4. The van der Waals surface area contributed by atoms with E-state index in [9.17, 15) is 9.59 Å². The van der Waals surface area contributed by atoms with Crippen LogP contribution in [0.3, 0.4) is 0 Å². The molecule has 0 saturated heterocycles. The lowest BCUT2D eigenvalue weighted by molar-refractivity contribution is -0.139. The highest BCUT2D eigenvalue weighted by atomic mass is 16.5. The Balaban J connectivity index is 3.69. The van der Waals surface area contributed by atoms with Gasteiger partial charge in [-0.2, -0.15) is 0 Å². The zero-order valence-corrected chi connectivity index (χ0v) is 9.85. The van der Waals surface area contributed by atoms with Crippen LogP contribution in [-0.2, 0) is 14.3 Å². The second-order valence-corrected chi connectivity index (χ2v) is 4.42. The van der Waals surface area contributed by atoms with Crippen LogP contribution >= 0.6 is 0 Å². The van der Waals surface area contributed by atoms with Crippen LogP contribution in [0.15, 0.2) is 12.2 Å². The minimum absolute atomic E-state index is 0.0612. The molecule has 1 N–H and O–H groups in total. The molecule has 0 heterocycles. The Bertz CT molecular complexity index is 263. The second-order valence-electron chi connectivity index (χ2n) is 4.42. The molecule has 86 valence electrons. The zero-order valence-electron chi connectivity index (χ0n) is 9.85. The molecular formula is C11H19NO3. The van der Waals surface area contributed by atoms with E-state index in [1.807, 2.05) is 20.8 Å². The van der Waals surface area contributed by atoms with Gasteiger partial charge in [0.05, 0.1) is 6.54 Å². The molecule has 0 aliphatic carbocycles. The van der Waals surface area contributed by atoms with Crippen LogP contribution in [0, 0.1) is 5.41 Å². The molecule has 1 amide bonds. The van der Waals surface area contributed by atoms with Crippen molar-refractivity contribution in [3.8, 4) is 0 Å². The largest absolute Gasteiger partial charge is 0.460 e. The van der Waals surface area contributed by atoms with Crippen LogP contribution in [0.25, 0.3) is 0 Å². The number of hydrogen-bond donors (Lipinski definition) is 1. The van der Waals surface area contributed by atoms with Gasteiger partial charge in [0.25, 0.3) is 0 Å². The normalized spacial score (nSPS) is 10.7. The van der Waals surface area contributed by atoms with Gasteiger partial charge in [0.1, 0.15) is 6.61 Å². The first kappa shape index (κ1) is 13.7. The Hall–Kier alpha value is -1.32. The summed E-state index contributed by atoms with van der Waals surface area (Å²) in [7, 11) is 0. The summed E-state index contributed by atoms with van der Waals surface area (Å²) in [5.74, 6) is -0.492. The van der Waals surface area contributed by atoms with Crippen LogP contribution in [0.4, 0.5) is 0 Å². The lowest BCUT2D eigenvalue weighted by atomic mass is 9.96. The minimum atomic E-state index is -0.431. The van der Waals surface area contributed by atoms with Gasteiger partial charge in [-0.05, 0) is 6.92 Å². The van der Waals surface area contributed by atoms with E-state index >= 15 is 0 Å². The molecule has 15 heavy (non-hydrogen) atoms. The lowest BCUT2D eigenvalue weighted by Crippen LogP contribution is -2.37. The summed E-state index contributed by atoms with van der Waals surface area (Å²) in [5.41, 5.74) is -0.0598. The maximum Gasteiger partial charge on any atom is 0.333 e. The van der Waals surface area contributed by atoms with Gasteiger partial charge in [0.15, 0.2) is 0 Å². The maximum atomic E-state index is 11.4. The first-order valence-electron chi connectivity index (χ1n) is 4.86. The minimum Gasteiger partial charge on any atom is -0.460 e. The van der Waals surface area contributed by atoms with Crippen LogP contribution in [0.1, 0.15) is 27.7 Å². The highest BCUT2D eigenvalue weighted by molar-refractivity contribution is 5.87. The van der Waals surface area contributed by atoms with Gasteiger partial charge in [0.2, 0.25) is 5.91 Å². The summed E-state index contributed by atoms with van der Waals surface area (Å²) < 4.78 is 4.81. The molecule has 0 saturated carbocycles. The van der Waals surface area contributed by atoms with Crippen LogP contribution in [0.5, 0.6) is 0 Å². The Labute approximate surface area is 90.7 Å². The van der Waals surface area contributed by atoms with Crippen molar-refractivity contribution in [1.82, 2.24) is 5.32 Å². The molecule has 0 fully saturated rings. The fourth-order valence-corrected chi connectivity index (χ4v) is 0.697. The lowest BCUT2D eigenvalue weighted by Gasteiger charge is -2.17. The Morgan fingerprint density at radius 2 is 1.87 bits per heavy atom. The van der Waals surface area contributed by atoms with Gasteiger partial charge < -0.3 is 10.1 Å². The highest BCUT2D eigenvalue weighted by Gasteiger charge is 2.20. The number of carbonyl (C=O) groups excluding carboxylic acids is 2. The third-order valence-corrected chi connectivity index (χ3v) is 1.65. The van der Waals surface area contributed by atoms with Crippen LogP contribution in [0.2, 0.25) is 0 Å². The average Bonchev–Trinajstić information content (AvgIpc) is 2.09. The third-order valence-electron chi connectivity index (χ3n) is 1.65. The highest BCUT2D eigenvalue weighted by Crippen LogP contribution is 2.11. The third kappa shape index (κ3) is 5.88. The molecule has 0 rings (SSSR count). The van der Waals surface area contributed by atoms with Crippen molar-refractivity contribution < 1.29 is 14.3 Å². The van der Waals surface area contributed by atoms with E-state index in [0.29, 0.717) is 12.1 Å². The van der Waals surface area contributed by atoms with E-state index in [4.69, 9.17) is 4.74 Å². The van der Waals surface area contributed by atoms with Crippen molar-refractivity contribution in [1.29, 1.82) is 0 Å². The second kappa shape index (κ2) is 5.53. The van der Waals surface area contributed by atoms with Crippen LogP contribution in [-0.4, -0.2) is 25.0 Å². The molecule has 0 atom stereocenters. The summed E-state index contributed by atoms with van der Waals surface area (Å²) in [5, 5.41) is 2.67. The summed E-state index contributed by atoms with van der Waals surface area (Å²) in [6.45, 7) is 11.0. The predicted molar refractivity (Wildman–Crippen MR) is 58.2 cm³/mol. The fraction of sp³-hybridized carbons (Fsp3) is 0.636. The number of hydrogen-bond acceptors (Lipinski definition) is 3. The van der Waals surface area contributed by atoms with E-state index < -0.39 is 11.4 Å². The SMILES string of the molecule is C=C(C)C(=O)OCCNC(=O)C(C)(C)C. The van der Waals surface area contributed by atoms with Crippen molar-refractivity contribution in [2.24, 2.45) is 5.41 Å². The van der Waals surface area contributed by atoms with Crippen molar-refractivity contribution in [2.75, 3.05) is 13.2 Å². The van der Waals surface area contributed by atoms with Gasteiger partial charge >= 0.3 is 5.97 Å². The maximum absolute atomic E-state index is 11.4. The molecule has 0 unspecified atom stereocenters. The number of carbonyl (C=O) groups is 2. The van der Waals surface area contributed by atoms with E-state index in [0.717, 1.165) is 0 Å². The molecule has 0 aliphatic rings. The van der Waals surface area contributed by atoms with Crippen molar-refractivity contribution in [3.05, 3.63) is 12.2 Å². The standard InChI is InChI=1S/C11H19NO3/c1-8(2)9(13)15-7-6-12-10(14)11(3,4)5/h1,6-7H2,2-5H3,(H,12,14). The van der Waals surface area contributed by atoms with E-state index in [-0.39, 0.29) is 12.5 Å². The number of nitrogens with one attached hydrogen (secondary N) is 1. The predicted octanol–water partition coefficient (Wildman–Crippen LogP) is 1.27. The van der Waals surface area contributed by atoms with Crippen LogP contribution < -0.4 is 5.32 Å². The topological polar surface area (TPSA) is 55.4 Å². The summed E-state index contributed by atoms with van der Waals surface area (Å²) in [6, 6.07) is 0. The van der Waals surface area contributed by atoms with Crippen molar-refractivity contribution in [2.45, 2.75) is 27.7 Å². The van der Waals surface area contributed by atoms with Gasteiger partial charge in [0, 0.05) is 11.0 Å². The molecule has 0 aromatic rings. The first-order chi connectivity index (χ1) is 6.75. The number of ether oxygens (including phenoxy) is 1. The van der Waals surface area contributed by atoms with Gasteiger partial charge in [-0.3, -0.25) is 4.79 Å². The van der Waals surface area contributed by atoms with Gasteiger partial charge in [-0.15, -0.1) is 0 Å². The average molecular weight is 213 g/mol. The first-order valence-corrected chi connectivity index (χ1v) is 4.86. The van der Waals surface area contributed by atoms with Gasteiger partial charge in [-0.25, -0.2) is 4.79 Å². The summed E-state index contributed by atoms with van der Waals surface area (Å²) in [6.07, 6.45) is 0. The number of esters is 1. The zero-order chi connectivity index (χ0) is 12.1. The molecular weight excluding hydrogens is 194 g/mol. The van der Waals surface area contributed by atoms with Crippen molar-refractivity contribution in [3.63, 3.8) is 0 Å². The van der Waals surface area contributed by atoms with E-state index in [1.54, 1.807) is 6.92 Å².